The Kier molecular flexibility index (Phi) is 9.94. The van der Waals surface area contributed by atoms with E-state index >= 15 is 0 Å². The maximum absolute atomic E-state index is 14.0. The number of halogens is 1. The highest BCUT2D eigenvalue weighted by atomic mass is 35.5. The number of hydrogen-bond donors (Lipinski definition) is 1. The van der Waals surface area contributed by atoms with Gasteiger partial charge in [-0.25, -0.2) is 8.42 Å². The van der Waals surface area contributed by atoms with Gasteiger partial charge in [0.15, 0.2) is 0 Å². The lowest BCUT2D eigenvalue weighted by Crippen LogP contribution is -2.54. The van der Waals surface area contributed by atoms with E-state index in [2.05, 4.69) is 5.32 Å². The van der Waals surface area contributed by atoms with Crippen molar-refractivity contribution >= 4 is 39.1 Å². The molecule has 0 spiro atoms. The number of nitrogens with one attached hydrogen (secondary N) is 1. The number of carbonyl (C=O) groups is 2. The minimum absolute atomic E-state index is 0.0772. The van der Waals surface area contributed by atoms with Gasteiger partial charge in [0.2, 0.25) is 21.8 Å². The van der Waals surface area contributed by atoms with E-state index in [1.807, 2.05) is 50.2 Å². The average molecular weight is 556 g/mol. The molecule has 202 valence electrons. The monoisotopic (exact) mass is 555 g/mol. The fourth-order valence-electron chi connectivity index (χ4n) is 4.20. The number of benzene rings is 3. The molecule has 2 amide bonds. The highest BCUT2D eigenvalue weighted by Gasteiger charge is 2.33. The number of hydrogen-bond acceptors (Lipinski definition) is 4. The van der Waals surface area contributed by atoms with E-state index < -0.39 is 28.5 Å². The molecular weight excluding hydrogens is 522 g/mol. The van der Waals surface area contributed by atoms with Crippen molar-refractivity contribution in [2.75, 3.05) is 17.1 Å². The molecule has 0 aliphatic carbocycles. The number of anilines is 1. The maximum Gasteiger partial charge on any atom is 0.244 e. The Morgan fingerprint density at radius 1 is 0.921 bits per heavy atom. The van der Waals surface area contributed by atoms with Crippen LogP contribution in [0, 0.1) is 6.92 Å². The van der Waals surface area contributed by atoms with Crippen molar-refractivity contribution in [3.63, 3.8) is 0 Å². The molecule has 0 aliphatic heterocycles. The highest BCUT2D eigenvalue weighted by molar-refractivity contribution is 7.92. The summed E-state index contributed by atoms with van der Waals surface area (Å²) in [5.41, 5.74) is 2.73. The fourth-order valence-corrected chi connectivity index (χ4v) is 5.32. The van der Waals surface area contributed by atoms with E-state index in [9.17, 15) is 18.0 Å². The van der Waals surface area contributed by atoms with Crippen LogP contribution in [0.3, 0.4) is 0 Å². The van der Waals surface area contributed by atoms with Crippen LogP contribution < -0.4 is 9.62 Å². The molecule has 0 aliphatic rings. The van der Waals surface area contributed by atoms with Gasteiger partial charge >= 0.3 is 0 Å². The molecule has 3 aromatic rings. The molecule has 0 radical (unpaired) electrons. The summed E-state index contributed by atoms with van der Waals surface area (Å²) in [6, 6.07) is 22.4. The Balaban J connectivity index is 2.07. The molecule has 3 rings (SSSR count). The summed E-state index contributed by atoms with van der Waals surface area (Å²) in [5, 5.41) is 3.43. The fraction of sp³-hybridized carbons (Fsp3) is 0.310. The van der Waals surface area contributed by atoms with Gasteiger partial charge < -0.3 is 10.2 Å². The molecule has 38 heavy (non-hydrogen) atoms. The van der Waals surface area contributed by atoms with Crippen LogP contribution in [0.5, 0.6) is 0 Å². The third kappa shape index (κ3) is 8.07. The van der Waals surface area contributed by atoms with Crippen LogP contribution in [0.1, 0.15) is 30.5 Å². The number of rotatable bonds is 11. The van der Waals surface area contributed by atoms with E-state index in [1.165, 1.54) is 4.90 Å². The SMILES string of the molecule is Cc1ccccc1N(CC(=O)N(Cc1cccc(Cl)c1)C(Cc1ccccc1)C(=O)NC(C)C)S(C)(=O)=O. The maximum atomic E-state index is 14.0. The Morgan fingerprint density at radius 2 is 1.55 bits per heavy atom. The molecule has 7 nitrogen and oxygen atoms in total. The van der Waals surface area contributed by atoms with Gasteiger partial charge in [0.1, 0.15) is 12.6 Å². The van der Waals surface area contributed by atoms with E-state index in [0.29, 0.717) is 16.3 Å². The van der Waals surface area contributed by atoms with Gasteiger partial charge in [0, 0.05) is 24.0 Å². The van der Waals surface area contributed by atoms with Crippen LogP contribution in [0.15, 0.2) is 78.9 Å². The third-order valence-corrected chi connectivity index (χ3v) is 7.37. The van der Waals surface area contributed by atoms with Gasteiger partial charge in [-0.15, -0.1) is 0 Å². The molecule has 1 atom stereocenters. The lowest BCUT2D eigenvalue weighted by atomic mass is 10.0. The van der Waals surface area contributed by atoms with Crippen LogP contribution in [0.2, 0.25) is 5.02 Å². The number of nitrogens with zero attached hydrogens (tertiary/aromatic N) is 2. The predicted molar refractivity (Wildman–Crippen MR) is 153 cm³/mol. The zero-order valence-corrected chi connectivity index (χ0v) is 23.7. The van der Waals surface area contributed by atoms with E-state index in [-0.39, 0.29) is 24.9 Å². The summed E-state index contributed by atoms with van der Waals surface area (Å²) in [4.78, 5) is 29.0. The summed E-state index contributed by atoms with van der Waals surface area (Å²) in [6.07, 6.45) is 1.33. The normalized spacial score (nSPS) is 12.2. The van der Waals surface area contributed by atoms with E-state index in [0.717, 1.165) is 21.7 Å². The number of amides is 2. The zero-order chi connectivity index (χ0) is 27.9. The topological polar surface area (TPSA) is 86.8 Å². The quantitative estimate of drug-likeness (QED) is 0.375. The standard InChI is InChI=1S/C29H34ClN3O4S/c1-21(2)31-29(35)27(18-23-12-6-5-7-13-23)32(19-24-14-10-15-25(30)17-24)28(34)20-33(38(4,36)37)26-16-9-8-11-22(26)3/h5-17,21,27H,18-20H2,1-4H3,(H,31,35). The number of para-hydroxylation sites is 1. The molecular formula is C29H34ClN3O4S. The van der Waals surface area contributed by atoms with Gasteiger partial charge in [-0.2, -0.15) is 0 Å². The number of carbonyl (C=O) groups excluding carboxylic acids is 2. The first kappa shape index (κ1) is 29.2. The lowest BCUT2D eigenvalue weighted by molar-refractivity contribution is -0.140. The van der Waals surface area contributed by atoms with Gasteiger partial charge in [0.05, 0.1) is 11.9 Å². The number of aryl methyl sites for hydroxylation is 1. The first-order valence-electron chi connectivity index (χ1n) is 12.4. The Labute approximate surface area is 230 Å². The second-order valence-electron chi connectivity index (χ2n) is 9.58. The number of sulfonamides is 1. The molecule has 0 bridgehead atoms. The van der Waals surface area contributed by atoms with Crippen LogP contribution in [-0.2, 0) is 32.6 Å². The molecule has 0 saturated carbocycles. The molecule has 3 aromatic carbocycles. The Bertz CT molecular complexity index is 1360. The van der Waals surface area contributed by atoms with Crippen molar-refractivity contribution in [1.29, 1.82) is 0 Å². The largest absolute Gasteiger partial charge is 0.352 e. The van der Waals surface area contributed by atoms with E-state index in [1.54, 1.807) is 49.4 Å². The lowest BCUT2D eigenvalue weighted by Gasteiger charge is -2.34. The Morgan fingerprint density at radius 3 is 2.16 bits per heavy atom. The molecule has 1 unspecified atom stereocenters. The van der Waals surface area contributed by atoms with Crippen LogP contribution in [-0.4, -0.2) is 50.0 Å². The van der Waals surface area contributed by atoms with Crippen LogP contribution >= 0.6 is 11.6 Å². The first-order valence-corrected chi connectivity index (χ1v) is 14.6. The molecule has 1 N–H and O–H groups in total. The third-order valence-electron chi connectivity index (χ3n) is 6.01. The zero-order valence-electron chi connectivity index (χ0n) is 22.1. The van der Waals surface area contributed by atoms with Crippen LogP contribution in [0.4, 0.5) is 5.69 Å². The van der Waals surface area contributed by atoms with E-state index in [4.69, 9.17) is 11.6 Å². The summed E-state index contributed by atoms with van der Waals surface area (Å²) in [6.45, 7) is 5.11. The molecule has 0 fully saturated rings. The Hall–Kier alpha value is -3.36. The molecule has 0 aromatic heterocycles. The molecule has 9 heteroatoms. The highest BCUT2D eigenvalue weighted by Crippen LogP contribution is 2.24. The van der Waals surface area contributed by atoms with Gasteiger partial charge in [-0.05, 0) is 55.7 Å². The second-order valence-corrected chi connectivity index (χ2v) is 11.9. The van der Waals surface area contributed by atoms with Crippen molar-refractivity contribution < 1.29 is 18.0 Å². The molecule has 0 saturated heterocycles. The van der Waals surface area contributed by atoms with Crippen molar-refractivity contribution in [1.82, 2.24) is 10.2 Å². The summed E-state index contributed by atoms with van der Waals surface area (Å²) in [7, 11) is -3.81. The smallest absolute Gasteiger partial charge is 0.244 e. The average Bonchev–Trinajstić information content (AvgIpc) is 2.84. The first-order chi connectivity index (χ1) is 18.0. The van der Waals surface area contributed by atoms with Crippen molar-refractivity contribution in [2.24, 2.45) is 0 Å². The van der Waals surface area contributed by atoms with Gasteiger partial charge in [-0.3, -0.25) is 13.9 Å². The summed E-state index contributed by atoms with van der Waals surface area (Å²) in [5.74, 6) is -0.820. The van der Waals surface area contributed by atoms with Crippen molar-refractivity contribution in [3.05, 3.63) is 101 Å². The van der Waals surface area contributed by atoms with Gasteiger partial charge in [-0.1, -0.05) is 72.3 Å². The van der Waals surface area contributed by atoms with Crippen LogP contribution in [0.25, 0.3) is 0 Å². The minimum Gasteiger partial charge on any atom is -0.352 e. The van der Waals surface area contributed by atoms with Gasteiger partial charge in [0.25, 0.3) is 0 Å². The summed E-state index contributed by atoms with van der Waals surface area (Å²) >= 11 is 6.22. The van der Waals surface area contributed by atoms with Crippen molar-refractivity contribution in [3.8, 4) is 0 Å². The minimum atomic E-state index is -3.81. The second kappa shape index (κ2) is 12.9. The van der Waals surface area contributed by atoms with Crippen molar-refractivity contribution in [2.45, 2.75) is 45.8 Å². The molecule has 0 heterocycles. The predicted octanol–water partition coefficient (Wildman–Crippen LogP) is 4.58. The summed E-state index contributed by atoms with van der Waals surface area (Å²) < 4.78 is 26.8.